The summed E-state index contributed by atoms with van der Waals surface area (Å²) in [5.41, 5.74) is 2.67. The topological polar surface area (TPSA) is 56.3 Å². The monoisotopic (exact) mass is 246 g/mol. The van der Waals surface area contributed by atoms with Crippen molar-refractivity contribution in [2.75, 3.05) is 13.7 Å². The van der Waals surface area contributed by atoms with Crippen LogP contribution in [0, 0.1) is 6.92 Å². The second-order valence-electron chi connectivity index (χ2n) is 4.72. The Bertz CT molecular complexity index is 574. The van der Waals surface area contributed by atoms with Gasteiger partial charge in [-0.15, -0.1) is 0 Å². The number of hydrogen-bond acceptors (Lipinski definition) is 2. The lowest BCUT2D eigenvalue weighted by atomic mass is 10.2. The summed E-state index contributed by atoms with van der Waals surface area (Å²) in [5, 5.41) is 10.1. The van der Waals surface area contributed by atoms with Gasteiger partial charge in [0.05, 0.1) is 12.6 Å². The molecule has 96 valence electrons. The van der Waals surface area contributed by atoms with E-state index in [-0.39, 0.29) is 18.6 Å². The van der Waals surface area contributed by atoms with Gasteiger partial charge >= 0.3 is 0 Å². The van der Waals surface area contributed by atoms with Crippen LogP contribution >= 0.6 is 0 Å². The third-order valence-electron chi connectivity index (χ3n) is 3.25. The molecule has 18 heavy (non-hydrogen) atoms. The molecule has 0 bridgehead atoms. The molecular formula is C14H18N2O2. The van der Waals surface area contributed by atoms with Crippen LogP contribution in [0.15, 0.2) is 24.3 Å². The average Bonchev–Trinajstić information content (AvgIpc) is 2.78. The zero-order valence-electron chi connectivity index (χ0n) is 10.9. The third-order valence-corrected chi connectivity index (χ3v) is 3.25. The summed E-state index contributed by atoms with van der Waals surface area (Å²) in [6.07, 6.45) is 0. The van der Waals surface area contributed by atoms with Gasteiger partial charge in [-0.2, -0.15) is 0 Å². The normalized spacial score (nSPS) is 12.7. The lowest BCUT2D eigenvalue weighted by Gasteiger charge is -2.22. The van der Waals surface area contributed by atoms with Crippen LogP contribution in [0.3, 0.4) is 0 Å². The molecule has 0 saturated heterocycles. The molecule has 0 saturated carbocycles. The van der Waals surface area contributed by atoms with Crippen LogP contribution in [-0.2, 0) is 0 Å². The minimum Gasteiger partial charge on any atom is -0.394 e. The van der Waals surface area contributed by atoms with E-state index in [0.29, 0.717) is 5.69 Å². The molecule has 0 radical (unpaired) electrons. The molecule has 0 aliphatic heterocycles. The number of aromatic nitrogens is 1. The maximum absolute atomic E-state index is 12.2. The molecule has 1 heterocycles. The van der Waals surface area contributed by atoms with Gasteiger partial charge in [0.2, 0.25) is 0 Å². The van der Waals surface area contributed by atoms with Gasteiger partial charge in [0.1, 0.15) is 5.69 Å². The van der Waals surface area contributed by atoms with E-state index in [1.165, 1.54) is 4.90 Å². The van der Waals surface area contributed by atoms with E-state index in [2.05, 4.69) is 4.98 Å². The van der Waals surface area contributed by atoms with E-state index in [1.54, 1.807) is 7.05 Å². The van der Waals surface area contributed by atoms with Crippen LogP contribution in [0.4, 0.5) is 0 Å². The molecule has 4 nitrogen and oxygen atoms in total. The first-order valence-electron chi connectivity index (χ1n) is 6.00. The number of nitrogens with zero attached hydrogens (tertiary/aromatic N) is 1. The fourth-order valence-corrected chi connectivity index (χ4v) is 1.87. The van der Waals surface area contributed by atoms with Gasteiger partial charge in [0.15, 0.2) is 0 Å². The number of likely N-dealkylation sites (N-methyl/N-ethyl adjacent to an activating group) is 1. The smallest absolute Gasteiger partial charge is 0.270 e. The van der Waals surface area contributed by atoms with E-state index in [1.807, 2.05) is 38.1 Å². The summed E-state index contributed by atoms with van der Waals surface area (Å²) >= 11 is 0. The Morgan fingerprint density at radius 1 is 1.44 bits per heavy atom. The minimum absolute atomic E-state index is 0.0401. The molecule has 0 spiro atoms. The van der Waals surface area contributed by atoms with Gasteiger partial charge in [0, 0.05) is 18.0 Å². The number of rotatable bonds is 3. The molecule has 2 N–H and O–H groups in total. The minimum atomic E-state index is -0.189. The quantitative estimate of drug-likeness (QED) is 0.869. The number of aryl methyl sites for hydroxylation is 1. The van der Waals surface area contributed by atoms with E-state index >= 15 is 0 Å². The van der Waals surface area contributed by atoms with E-state index in [4.69, 9.17) is 5.11 Å². The molecule has 1 amide bonds. The van der Waals surface area contributed by atoms with Crippen molar-refractivity contribution in [3.63, 3.8) is 0 Å². The second kappa shape index (κ2) is 4.82. The number of amides is 1. The third kappa shape index (κ3) is 2.24. The Labute approximate surface area is 106 Å². The number of benzene rings is 1. The number of carbonyl (C=O) groups excluding carboxylic acids is 1. The van der Waals surface area contributed by atoms with E-state index in [0.717, 1.165) is 16.5 Å². The molecule has 2 aromatic rings. The summed E-state index contributed by atoms with van der Waals surface area (Å²) in [5.74, 6) is -0.106. The van der Waals surface area contributed by atoms with Crippen LogP contribution < -0.4 is 0 Å². The number of aliphatic hydroxyl groups excluding tert-OH is 1. The number of aromatic amines is 1. The molecule has 0 aliphatic carbocycles. The van der Waals surface area contributed by atoms with Gasteiger partial charge in [-0.25, -0.2) is 0 Å². The molecule has 1 aromatic heterocycles. The Hall–Kier alpha value is -1.81. The molecule has 1 unspecified atom stereocenters. The van der Waals surface area contributed by atoms with Crippen molar-refractivity contribution in [1.82, 2.24) is 9.88 Å². The number of fused-ring (bicyclic) bond motifs is 1. The van der Waals surface area contributed by atoms with Crippen molar-refractivity contribution in [1.29, 1.82) is 0 Å². The number of nitrogens with one attached hydrogen (secondary N) is 1. The zero-order chi connectivity index (χ0) is 13.3. The fourth-order valence-electron chi connectivity index (χ4n) is 1.87. The Kier molecular flexibility index (Phi) is 3.39. The van der Waals surface area contributed by atoms with Gasteiger partial charge in [0.25, 0.3) is 5.91 Å². The summed E-state index contributed by atoms with van der Waals surface area (Å²) in [6, 6.07) is 7.68. The SMILES string of the molecule is Cc1ccc2cc(C(=O)N(C)C(C)CO)[nH]c2c1. The lowest BCUT2D eigenvalue weighted by molar-refractivity contribution is 0.0677. The lowest BCUT2D eigenvalue weighted by Crippen LogP contribution is -2.37. The second-order valence-corrected chi connectivity index (χ2v) is 4.72. The summed E-state index contributed by atoms with van der Waals surface area (Å²) in [6.45, 7) is 3.79. The van der Waals surface area contributed by atoms with Crippen LogP contribution in [0.1, 0.15) is 23.0 Å². The van der Waals surface area contributed by atoms with Gasteiger partial charge in [-0.05, 0) is 31.5 Å². The molecular weight excluding hydrogens is 228 g/mol. The van der Waals surface area contributed by atoms with Crippen LogP contribution in [-0.4, -0.2) is 40.6 Å². The molecule has 2 rings (SSSR count). The molecule has 4 heteroatoms. The standard InChI is InChI=1S/C14H18N2O2/c1-9-4-5-11-7-13(15-12(11)6-9)14(18)16(3)10(2)8-17/h4-7,10,15,17H,8H2,1-3H3. The maximum atomic E-state index is 12.2. The van der Waals surface area contributed by atoms with Crippen molar-refractivity contribution in [2.45, 2.75) is 19.9 Å². The van der Waals surface area contributed by atoms with Gasteiger partial charge in [-0.1, -0.05) is 12.1 Å². The first kappa shape index (κ1) is 12.6. The summed E-state index contributed by atoms with van der Waals surface area (Å²) in [4.78, 5) is 16.8. The Morgan fingerprint density at radius 3 is 2.83 bits per heavy atom. The highest BCUT2D eigenvalue weighted by molar-refractivity contribution is 5.98. The molecule has 0 fully saturated rings. The highest BCUT2D eigenvalue weighted by atomic mass is 16.3. The fraction of sp³-hybridized carbons (Fsp3) is 0.357. The summed E-state index contributed by atoms with van der Waals surface area (Å²) in [7, 11) is 1.69. The first-order valence-corrected chi connectivity index (χ1v) is 6.00. The van der Waals surface area contributed by atoms with Crippen LogP contribution in [0.25, 0.3) is 10.9 Å². The highest BCUT2D eigenvalue weighted by Gasteiger charge is 2.18. The van der Waals surface area contributed by atoms with Gasteiger partial charge < -0.3 is 15.0 Å². The molecule has 1 aromatic carbocycles. The van der Waals surface area contributed by atoms with Crippen LogP contribution in [0.5, 0.6) is 0 Å². The Morgan fingerprint density at radius 2 is 2.17 bits per heavy atom. The molecule has 0 aliphatic rings. The number of carbonyl (C=O) groups is 1. The van der Waals surface area contributed by atoms with Crippen molar-refractivity contribution in [3.05, 3.63) is 35.5 Å². The zero-order valence-corrected chi connectivity index (χ0v) is 10.9. The molecule has 1 atom stereocenters. The van der Waals surface area contributed by atoms with Crippen molar-refractivity contribution < 1.29 is 9.90 Å². The van der Waals surface area contributed by atoms with E-state index in [9.17, 15) is 4.79 Å². The number of hydrogen-bond donors (Lipinski definition) is 2. The number of H-pyrrole nitrogens is 1. The maximum Gasteiger partial charge on any atom is 0.270 e. The largest absolute Gasteiger partial charge is 0.394 e. The Balaban J connectivity index is 2.33. The first-order chi connectivity index (χ1) is 8.52. The van der Waals surface area contributed by atoms with Crippen molar-refractivity contribution in [3.8, 4) is 0 Å². The van der Waals surface area contributed by atoms with Crippen LogP contribution in [0.2, 0.25) is 0 Å². The van der Waals surface area contributed by atoms with Gasteiger partial charge in [-0.3, -0.25) is 4.79 Å². The number of aliphatic hydroxyl groups is 1. The van der Waals surface area contributed by atoms with Crippen molar-refractivity contribution in [2.24, 2.45) is 0 Å². The predicted octanol–water partition coefficient (Wildman–Crippen LogP) is 1.93. The van der Waals surface area contributed by atoms with E-state index < -0.39 is 0 Å². The van der Waals surface area contributed by atoms with Crippen molar-refractivity contribution >= 4 is 16.8 Å². The predicted molar refractivity (Wildman–Crippen MR) is 71.7 cm³/mol. The highest BCUT2D eigenvalue weighted by Crippen LogP contribution is 2.18. The summed E-state index contributed by atoms with van der Waals surface area (Å²) < 4.78 is 0. The average molecular weight is 246 g/mol.